The summed E-state index contributed by atoms with van der Waals surface area (Å²) in [4.78, 5) is 26.7. The van der Waals surface area contributed by atoms with E-state index in [4.69, 9.17) is 14.2 Å². The molecular formula is C20H33N3O7S. The average Bonchev–Trinajstić information content (AvgIpc) is 2.96. The summed E-state index contributed by atoms with van der Waals surface area (Å²) in [5.41, 5.74) is -2.07. The maximum Gasteiger partial charge on any atom is 0.330 e. The van der Waals surface area contributed by atoms with Crippen LogP contribution in [0, 0.1) is 6.92 Å². The Morgan fingerprint density at radius 1 is 1.23 bits per heavy atom. The fraction of sp³-hybridized carbons (Fsp3) is 0.800. The highest BCUT2D eigenvalue weighted by molar-refractivity contribution is 7.89. The van der Waals surface area contributed by atoms with Crippen molar-refractivity contribution in [1.29, 1.82) is 0 Å². The zero-order valence-electron chi connectivity index (χ0n) is 18.6. The van der Waals surface area contributed by atoms with Crippen molar-refractivity contribution in [3.8, 4) is 0 Å². The van der Waals surface area contributed by atoms with E-state index in [1.807, 2.05) is 13.8 Å². The molecule has 176 valence electrons. The number of H-pyrrole nitrogens is 1. The standard InChI is InChI=1S/C20H33N3O7S/c1-5-7-9-28-12-20-13-31(26,27)22(4)15(16(20)29-10-8-6-2)18(30-20)23-11-14(3)17(24)21-19(23)25/h11,15-16,18H,5-10,12-13H2,1-4H3,(H,21,24,25)/t15-,16?,18+,20+/m0/s1. The number of nitrogens with zero attached hydrogens (tertiary/aromatic N) is 2. The SMILES string of the molecule is CCCCOC[C@@]12CS(=O)(=O)N(C)[C@@H](C1OCCCC)[C@H](n1cc(C)c(=O)[nH]c1=O)O2. The molecule has 0 spiro atoms. The lowest BCUT2D eigenvalue weighted by Gasteiger charge is -2.41. The van der Waals surface area contributed by atoms with Gasteiger partial charge in [-0.25, -0.2) is 13.2 Å². The minimum atomic E-state index is -3.67. The number of aryl methyl sites for hydroxylation is 1. The molecule has 2 fully saturated rings. The van der Waals surface area contributed by atoms with E-state index in [9.17, 15) is 18.0 Å². The third kappa shape index (κ3) is 4.65. The highest BCUT2D eigenvalue weighted by Gasteiger charge is 2.65. The molecular weight excluding hydrogens is 426 g/mol. The van der Waals surface area contributed by atoms with Crippen LogP contribution in [0.3, 0.4) is 0 Å². The number of likely N-dealkylation sites (N-methyl/N-ethyl adjacent to an activating group) is 1. The van der Waals surface area contributed by atoms with Crippen molar-refractivity contribution in [2.24, 2.45) is 0 Å². The summed E-state index contributed by atoms with van der Waals surface area (Å²) in [5.74, 6) is -0.302. The number of ether oxygens (including phenoxy) is 3. The predicted molar refractivity (Wildman–Crippen MR) is 115 cm³/mol. The van der Waals surface area contributed by atoms with E-state index >= 15 is 0 Å². The number of unbranched alkanes of at least 4 members (excludes halogenated alkanes) is 2. The van der Waals surface area contributed by atoms with Gasteiger partial charge >= 0.3 is 5.69 Å². The Hall–Kier alpha value is -1.53. The van der Waals surface area contributed by atoms with Gasteiger partial charge in [-0.2, -0.15) is 4.31 Å². The van der Waals surface area contributed by atoms with Crippen molar-refractivity contribution in [1.82, 2.24) is 13.9 Å². The molecule has 0 radical (unpaired) electrons. The molecule has 2 saturated heterocycles. The van der Waals surface area contributed by atoms with Gasteiger partial charge in [0.05, 0.1) is 18.4 Å². The first-order valence-corrected chi connectivity index (χ1v) is 12.4. The second kappa shape index (κ2) is 9.53. The Morgan fingerprint density at radius 2 is 1.90 bits per heavy atom. The summed E-state index contributed by atoms with van der Waals surface area (Å²) < 4.78 is 46.8. The molecule has 2 aliphatic rings. The molecule has 3 heterocycles. The largest absolute Gasteiger partial charge is 0.378 e. The molecule has 2 aliphatic heterocycles. The second-order valence-electron chi connectivity index (χ2n) is 8.37. The van der Waals surface area contributed by atoms with Crippen molar-refractivity contribution in [2.45, 2.75) is 70.4 Å². The third-order valence-electron chi connectivity index (χ3n) is 5.97. The quantitative estimate of drug-likeness (QED) is 0.513. The van der Waals surface area contributed by atoms with E-state index in [0.717, 1.165) is 25.7 Å². The van der Waals surface area contributed by atoms with Crippen molar-refractivity contribution in [3.05, 3.63) is 32.6 Å². The second-order valence-corrected chi connectivity index (χ2v) is 10.4. The number of hydrogen-bond acceptors (Lipinski definition) is 7. The summed E-state index contributed by atoms with van der Waals surface area (Å²) in [6.45, 7) is 6.63. The number of nitrogens with one attached hydrogen (secondary N) is 1. The van der Waals surface area contributed by atoms with E-state index in [-0.39, 0.29) is 12.4 Å². The lowest BCUT2D eigenvalue weighted by atomic mass is 9.95. The molecule has 3 rings (SSSR count). The Kier molecular flexibility index (Phi) is 7.42. The van der Waals surface area contributed by atoms with Gasteiger partial charge in [0.1, 0.15) is 11.7 Å². The van der Waals surface area contributed by atoms with Crippen molar-refractivity contribution in [2.75, 3.05) is 32.6 Å². The van der Waals surface area contributed by atoms with Gasteiger partial charge in [0.2, 0.25) is 10.0 Å². The third-order valence-corrected chi connectivity index (χ3v) is 7.94. The van der Waals surface area contributed by atoms with Crippen LogP contribution in [0.25, 0.3) is 0 Å². The maximum absolute atomic E-state index is 13.0. The first-order valence-electron chi connectivity index (χ1n) is 10.8. The molecule has 0 amide bonds. The Morgan fingerprint density at radius 3 is 2.58 bits per heavy atom. The van der Waals surface area contributed by atoms with E-state index in [2.05, 4.69) is 4.98 Å². The summed E-state index contributed by atoms with van der Waals surface area (Å²) in [7, 11) is -2.20. The summed E-state index contributed by atoms with van der Waals surface area (Å²) in [6.07, 6.45) is 3.37. The van der Waals surface area contributed by atoms with Gasteiger partial charge in [-0.05, 0) is 19.8 Å². The summed E-state index contributed by atoms with van der Waals surface area (Å²) in [5, 5.41) is 0. The van der Waals surface area contributed by atoms with Gasteiger partial charge in [0.25, 0.3) is 5.56 Å². The van der Waals surface area contributed by atoms with Gasteiger partial charge in [-0.1, -0.05) is 26.7 Å². The van der Waals surface area contributed by atoms with Crippen molar-refractivity contribution in [3.63, 3.8) is 0 Å². The van der Waals surface area contributed by atoms with Crippen LogP contribution in [-0.4, -0.2) is 72.6 Å². The Bertz CT molecular complexity index is 989. The summed E-state index contributed by atoms with van der Waals surface area (Å²) >= 11 is 0. The number of rotatable bonds is 10. The molecule has 1 aromatic heterocycles. The maximum atomic E-state index is 13.0. The van der Waals surface area contributed by atoms with Crippen LogP contribution in [0.5, 0.6) is 0 Å². The smallest absolute Gasteiger partial charge is 0.330 e. The lowest BCUT2D eigenvalue weighted by molar-refractivity contribution is -0.141. The van der Waals surface area contributed by atoms with Gasteiger partial charge < -0.3 is 14.2 Å². The first kappa shape index (κ1) is 24.1. The van der Waals surface area contributed by atoms with Crippen LogP contribution in [0.1, 0.15) is 51.3 Å². The van der Waals surface area contributed by atoms with E-state index in [0.29, 0.717) is 18.8 Å². The normalized spacial score (nSPS) is 30.0. The molecule has 4 atom stereocenters. The van der Waals surface area contributed by atoms with Crippen LogP contribution in [0.2, 0.25) is 0 Å². The van der Waals surface area contributed by atoms with Crippen LogP contribution < -0.4 is 11.2 Å². The minimum Gasteiger partial charge on any atom is -0.378 e. The van der Waals surface area contributed by atoms with E-state index in [1.54, 1.807) is 6.92 Å². The zero-order valence-corrected chi connectivity index (χ0v) is 19.4. The predicted octanol–water partition coefficient (Wildman–Crippen LogP) is 0.758. The molecule has 1 aromatic rings. The van der Waals surface area contributed by atoms with Crippen LogP contribution in [0.4, 0.5) is 0 Å². The topological polar surface area (TPSA) is 120 Å². The van der Waals surface area contributed by atoms with E-state index in [1.165, 1.54) is 22.1 Å². The number of sulfonamides is 1. The fourth-order valence-corrected chi connectivity index (χ4v) is 5.89. The first-order chi connectivity index (χ1) is 14.7. The van der Waals surface area contributed by atoms with E-state index < -0.39 is 45.2 Å². The van der Waals surface area contributed by atoms with Crippen LogP contribution >= 0.6 is 0 Å². The number of fused-ring (bicyclic) bond motifs is 2. The number of hydrogen-bond donors (Lipinski definition) is 1. The number of aromatic amines is 1. The van der Waals surface area contributed by atoms with Crippen LogP contribution in [0.15, 0.2) is 15.8 Å². The molecule has 1 N–H and O–H groups in total. The molecule has 0 aromatic carbocycles. The highest BCUT2D eigenvalue weighted by atomic mass is 32.2. The molecule has 2 bridgehead atoms. The highest BCUT2D eigenvalue weighted by Crippen LogP contribution is 2.46. The lowest BCUT2D eigenvalue weighted by Crippen LogP contribution is -2.63. The molecule has 0 aliphatic carbocycles. The monoisotopic (exact) mass is 459 g/mol. The van der Waals surface area contributed by atoms with Gasteiger partial charge in [-0.3, -0.25) is 14.3 Å². The molecule has 10 nitrogen and oxygen atoms in total. The van der Waals surface area contributed by atoms with Gasteiger partial charge in [0, 0.05) is 32.0 Å². The Balaban J connectivity index is 2.05. The summed E-state index contributed by atoms with van der Waals surface area (Å²) in [6, 6.07) is -0.770. The molecule has 11 heteroatoms. The van der Waals surface area contributed by atoms with Gasteiger partial charge in [0.15, 0.2) is 6.23 Å². The van der Waals surface area contributed by atoms with Crippen molar-refractivity contribution >= 4 is 10.0 Å². The Labute approximate surface area is 182 Å². The fourth-order valence-electron chi connectivity index (χ4n) is 4.17. The molecule has 1 unspecified atom stereocenters. The van der Waals surface area contributed by atoms with Crippen LogP contribution in [-0.2, 0) is 24.2 Å². The number of aromatic nitrogens is 2. The molecule has 31 heavy (non-hydrogen) atoms. The average molecular weight is 460 g/mol. The zero-order chi connectivity index (χ0) is 22.8. The minimum absolute atomic E-state index is 0.0426. The van der Waals surface area contributed by atoms with Crippen molar-refractivity contribution < 1.29 is 22.6 Å². The molecule has 0 saturated carbocycles. The van der Waals surface area contributed by atoms with Gasteiger partial charge in [-0.15, -0.1) is 0 Å².